The smallest absolute Gasteiger partial charge is 0.146 e. The van der Waals surface area contributed by atoms with E-state index in [0.717, 1.165) is 30.0 Å². The van der Waals surface area contributed by atoms with Gasteiger partial charge >= 0.3 is 0 Å². The van der Waals surface area contributed by atoms with Crippen molar-refractivity contribution < 1.29 is 0 Å². The third-order valence-electron chi connectivity index (χ3n) is 4.49. The lowest BCUT2D eigenvalue weighted by molar-refractivity contribution is 0.301. The molecule has 1 aliphatic heterocycles. The van der Waals surface area contributed by atoms with E-state index in [9.17, 15) is 5.26 Å². The van der Waals surface area contributed by atoms with Gasteiger partial charge in [0.05, 0.1) is 5.56 Å². The Kier molecular flexibility index (Phi) is 3.56. The van der Waals surface area contributed by atoms with E-state index < -0.39 is 0 Å². The molecular weight excluding hydrogens is 222 g/mol. The number of anilines is 1. The third kappa shape index (κ3) is 2.08. The number of hydrogen-bond acceptors (Lipinski definition) is 3. The highest BCUT2D eigenvalue weighted by Crippen LogP contribution is 2.39. The molecule has 1 saturated heterocycles. The zero-order chi connectivity index (χ0) is 13.2. The monoisotopic (exact) mass is 243 g/mol. The number of hydrogen-bond donors (Lipinski definition) is 0. The summed E-state index contributed by atoms with van der Waals surface area (Å²) in [4.78, 5) is 6.72. The lowest BCUT2D eigenvalue weighted by Crippen LogP contribution is -2.27. The minimum Gasteiger partial charge on any atom is -0.355 e. The van der Waals surface area contributed by atoms with E-state index in [-0.39, 0.29) is 0 Å². The molecule has 0 aromatic carbocycles. The third-order valence-corrected chi connectivity index (χ3v) is 4.49. The zero-order valence-corrected chi connectivity index (χ0v) is 11.5. The number of nitrogens with zero attached hydrogens (tertiary/aromatic N) is 3. The van der Waals surface area contributed by atoms with Crippen molar-refractivity contribution in [3.63, 3.8) is 0 Å². The first-order valence-electron chi connectivity index (χ1n) is 6.76. The second kappa shape index (κ2) is 4.97. The lowest BCUT2D eigenvalue weighted by atomic mass is 9.82. The summed E-state index contributed by atoms with van der Waals surface area (Å²) in [5.41, 5.74) is 2.17. The molecule has 2 rings (SSSR count). The van der Waals surface area contributed by atoms with Gasteiger partial charge in [0.2, 0.25) is 0 Å². The second-order valence-electron chi connectivity index (χ2n) is 5.32. The van der Waals surface area contributed by atoms with Crippen LogP contribution in [0.3, 0.4) is 0 Å². The molecule has 0 saturated carbocycles. The van der Waals surface area contributed by atoms with Crippen LogP contribution in [0.4, 0.5) is 5.82 Å². The van der Waals surface area contributed by atoms with Gasteiger partial charge in [-0.2, -0.15) is 5.26 Å². The number of aryl methyl sites for hydroxylation is 1. The largest absolute Gasteiger partial charge is 0.355 e. The highest BCUT2D eigenvalue weighted by Gasteiger charge is 2.36. The van der Waals surface area contributed by atoms with E-state index >= 15 is 0 Å². The Hall–Kier alpha value is -1.56. The molecule has 0 aliphatic carbocycles. The first kappa shape index (κ1) is 12.9. The fourth-order valence-electron chi connectivity index (χ4n) is 2.86. The summed E-state index contributed by atoms with van der Waals surface area (Å²) >= 11 is 0. The van der Waals surface area contributed by atoms with Gasteiger partial charge in [0.1, 0.15) is 11.9 Å². The summed E-state index contributed by atoms with van der Waals surface area (Å²) in [6, 6.07) is 4.21. The van der Waals surface area contributed by atoms with Crippen LogP contribution in [-0.4, -0.2) is 18.1 Å². The summed E-state index contributed by atoms with van der Waals surface area (Å²) < 4.78 is 0. The van der Waals surface area contributed by atoms with Gasteiger partial charge in [0.25, 0.3) is 0 Å². The van der Waals surface area contributed by atoms with Gasteiger partial charge in [0.15, 0.2) is 0 Å². The van der Waals surface area contributed by atoms with Gasteiger partial charge in [-0.25, -0.2) is 4.98 Å². The van der Waals surface area contributed by atoms with Gasteiger partial charge in [-0.3, -0.25) is 0 Å². The molecule has 0 amide bonds. The molecule has 0 N–H and O–H groups in total. The Morgan fingerprint density at radius 2 is 2.17 bits per heavy atom. The zero-order valence-electron chi connectivity index (χ0n) is 11.5. The van der Waals surface area contributed by atoms with Crippen LogP contribution < -0.4 is 4.90 Å². The summed E-state index contributed by atoms with van der Waals surface area (Å²) in [5, 5.41) is 9.29. The molecule has 1 fully saturated rings. The lowest BCUT2D eigenvalue weighted by Gasteiger charge is -2.27. The minimum atomic E-state index is 0.415. The predicted molar refractivity (Wildman–Crippen MR) is 73.5 cm³/mol. The van der Waals surface area contributed by atoms with Crippen LogP contribution in [0.1, 0.15) is 44.2 Å². The molecule has 1 aliphatic rings. The van der Waals surface area contributed by atoms with Crippen molar-refractivity contribution in [2.45, 2.75) is 40.0 Å². The molecule has 3 heteroatoms. The molecule has 0 atom stereocenters. The van der Waals surface area contributed by atoms with E-state index in [1.54, 1.807) is 0 Å². The highest BCUT2D eigenvalue weighted by molar-refractivity contribution is 5.57. The maximum absolute atomic E-state index is 9.29. The number of aromatic nitrogens is 1. The van der Waals surface area contributed by atoms with E-state index in [4.69, 9.17) is 0 Å². The summed E-state index contributed by atoms with van der Waals surface area (Å²) in [7, 11) is 0. The normalized spacial score (nSPS) is 17.8. The fourth-order valence-corrected chi connectivity index (χ4v) is 2.86. The summed E-state index contributed by atoms with van der Waals surface area (Å²) in [5.74, 6) is 0.876. The van der Waals surface area contributed by atoms with Crippen LogP contribution in [0.5, 0.6) is 0 Å². The maximum Gasteiger partial charge on any atom is 0.146 e. The van der Waals surface area contributed by atoms with E-state index in [1.165, 1.54) is 19.3 Å². The molecule has 2 heterocycles. The maximum atomic E-state index is 9.29. The van der Waals surface area contributed by atoms with Crippen LogP contribution in [-0.2, 0) is 0 Å². The van der Waals surface area contributed by atoms with Gasteiger partial charge in [-0.1, -0.05) is 13.8 Å². The molecule has 18 heavy (non-hydrogen) atoms. The van der Waals surface area contributed by atoms with Crippen molar-refractivity contribution in [3.05, 3.63) is 23.4 Å². The van der Waals surface area contributed by atoms with Crippen LogP contribution in [0, 0.1) is 23.7 Å². The van der Waals surface area contributed by atoms with Crippen molar-refractivity contribution >= 4 is 5.82 Å². The summed E-state index contributed by atoms with van der Waals surface area (Å²) in [6.07, 6.45) is 5.42. The number of pyridine rings is 1. The molecular formula is C15H21N3. The number of rotatable bonds is 3. The van der Waals surface area contributed by atoms with Crippen molar-refractivity contribution in [1.29, 1.82) is 5.26 Å². The van der Waals surface area contributed by atoms with Gasteiger partial charge in [-0.05, 0) is 43.2 Å². The van der Waals surface area contributed by atoms with Gasteiger partial charge in [-0.15, -0.1) is 0 Å². The quantitative estimate of drug-likeness (QED) is 0.818. The highest BCUT2D eigenvalue weighted by atomic mass is 15.2. The van der Waals surface area contributed by atoms with Crippen molar-refractivity contribution in [3.8, 4) is 6.07 Å². The molecule has 96 valence electrons. The molecule has 1 aromatic heterocycles. The summed E-state index contributed by atoms with van der Waals surface area (Å²) in [6.45, 7) is 8.56. The molecule has 3 nitrogen and oxygen atoms in total. The van der Waals surface area contributed by atoms with E-state index in [1.807, 2.05) is 19.2 Å². The average molecular weight is 243 g/mol. The second-order valence-corrected chi connectivity index (χ2v) is 5.32. The predicted octanol–water partition coefficient (Wildman–Crippen LogP) is 3.28. The van der Waals surface area contributed by atoms with Gasteiger partial charge < -0.3 is 4.90 Å². The van der Waals surface area contributed by atoms with Crippen molar-refractivity contribution in [1.82, 2.24) is 4.98 Å². The van der Waals surface area contributed by atoms with Gasteiger partial charge in [0, 0.05) is 19.3 Å². The topological polar surface area (TPSA) is 39.9 Å². The van der Waals surface area contributed by atoms with E-state index in [0.29, 0.717) is 5.41 Å². The van der Waals surface area contributed by atoms with Crippen molar-refractivity contribution in [2.75, 3.05) is 18.0 Å². The van der Waals surface area contributed by atoms with Crippen LogP contribution in [0.2, 0.25) is 0 Å². The average Bonchev–Trinajstić information content (AvgIpc) is 2.83. The molecule has 0 bridgehead atoms. The molecule has 0 spiro atoms. The Morgan fingerprint density at radius 3 is 2.72 bits per heavy atom. The Labute approximate surface area is 109 Å². The molecule has 0 radical (unpaired) electrons. The molecule has 0 unspecified atom stereocenters. The van der Waals surface area contributed by atoms with E-state index in [2.05, 4.69) is 29.8 Å². The van der Waals surface area contributed by atoms with Crippen LogP contribution in [0.15, 0.2) is 12.3 Å². The first-order chi connectivity index (χ1) is 8.65. The number of nitriles is 1. The van der Waals surface area contributed by atoms with Crippen molar-refractivity contribution in [2.24, 2.45) is 5.41 Å². The van der Waals surface area contributed by atoms with Crippen LogP contribution >= 0.6 is 0 Å². The standard InChI is InChI=1S/C15H21N3/c1-4-15(5-2)7-9-18(11-15)14-13(10-16)12(3)6-8-17-14/h6,8H,4-5,7,9,11H2,1-3H3. The Morgan fingerprint density at radius 1 is 1.44 bits per heavy atom. The Bertz CT molecular complexity index is 469. The SMILES string of the molecule is CCC1(CC)CCN(c2nccc(C)c2C#N)C1. The molecule has 1 aromatic rings. The first-order valence-corrected chi connectivity index (χ1v) is 6.76. The Balaban J connectivity index is 2.30. The van der Waals surface area contributed by atoms with Crippen LogP contribution in [0.25, 0.3) is 0 Å². The minimum absolute atomic E-state index is 0.415. The fraction of sp³-hybridized carbons (Fsp3) is 0.600.